The van der Waals surface area contributed by atoms with Crippen molar-refractivity contribution >= 4 is 17.0 Å². The van der Waals surface area contributed by atoms with Crippen molar-refractivity contribution in [1.29, 1.82) is 0 Å². The first-order chi connectivity index (χ1) is 9.53. The van der Waals surface area contributed by atoms with Crippen molar-refractivity contribution in [3.63, 3.8) is 0 Å². The number of fused-ring (bicyclic) bond motifs is 5. The van der Waals surface area contributed by atoms with Crippen molar-refractivity contribution in [3.05, 3.63) is 23.8 Å². The van der Waals surface area contributed by atoms with Gasteiger partial charge < -0.3 is 9.88 Å². The summed E-state index contributed by atoms with van der Waals surface area (Å²) in [7, 11) is 0. The lowest BCUT2D eigenvalue weighted by molar-refractivity contribution is 0.300. The molecule has 3 heteroatoms. The van der Waals surface area contributed by atoms with Crippen LogP contribution in [0, 0.1) is 12.3 Å². The Hall–Kier alpha value is -1.51. The van der Waals surface area contributed by atoms with Crippen LogP contribution in [0.5, 0.6) is 0 Å². The van der Waals surface area contributed by atoms with Gasteiger partial charge in [0, 0.05) is 0 Å². The molecule has 0 amide bonds. The van der Waals surface area contributed by atoms with E-state index in [0.717, 1.165) is 11.5 Å². The summed E-state index contributed by atoms with van der Waals surface area (Å²) in [6.45, 7) is 6.97. The fourth-order valence-electron chi connectivity index (χ4n) is 4.09. The zero-order valence-electron chi connectivity index (χ0n) is 12.6. The van der Waals surface area contributed by atoms with Crippen molar-refractivity contribution in [2.45, 2.75) is 58.5 Å². The number of anilines is 1. The molecule has 1 N–H and O–H groups in total. The molecular weight excluding hydrogens is 246 g/mol. The van der Waals surface area contributed by atoms with E-state index in [2.05, 4.69) is 48.9 Å². The molecule has 0 saturated heterocycles. The molecule has 2 aromatic rings. The Bertz CT molecular complexity index is 668. The fraction of sp³-hybridized carbons (Fsp3) is 0.588. The van der Waals surface area contributed by atoms with Gasteiger partial charge in [0.2, 0.25) is 5.95 Å². The van der Waals surface area contributed by atoms with Crippen LogP contribution in [0.1, 0.15) is 51.1 Å². The Balaban J connectivity index is 1.81. The second kappa shape index (κ2) is 4.00. The topological polar surface area (TPSA) is 29.9 Å². The van der Waals surface area contributed by atoms with E-state index in [1.54, 1.807) is 0 Å². The lowest BCUT2D eigenvalue weighted by atomic mass is 9.83. The molecule has 3 nitrogen and oxygen atoms in total. The number of rotatable bonds is 0. The van der Waals surface area contributed by atoms with Gasteiger partial charge in [-0.3, -0.25) is 0 Å². The number of benzene rings is 1. The highest BCUT2D eigenvalue weighted by Crippen LogP contribution is 2.45. The van der Waals surface area contributed by atoms with Gasteiger partial charge in [0.05, 0.1) is 23.1 Å². The van der Waals surface area contributed by atoms with Crippen LogP contribution in [0.25, 0.3) is 11.0 Å². The van der Waals surface area contributed by atoms with E-state index in [1.165, 1.54) is 36.8 Å². The molecular formula is C17H23N3. The van der Waals surface area contributed by atoms with Crippen LogP contribution in [0.2, 0.25) is 0 Å². The maximum atomic E-state index is 4.79. The second-order valence-corrected chi connectivity index (χ2v) is 7.38. The lowest BCUT2D eigenvalue weighted by Crippen LogP contribution is -2.26. The minimum Gasteiger partial charge on any atom is -0.351 e. The summed E-state index contributed by atoms with van der Waals surface area (Å²) in [5.41, 5.74) is 4.19. The molecule has 1 fully saturated rings. The van der Waals surface area contributed by atoms with Gasteiger partial charge in [0.15, 0.2) is 0 Å². The van der Waals surface area contributed by atoms with E-state index < -0.39 is 0 Å². The molecule has 0 radical (unpaired) electrons. The predicted molar refractivity (Wildman–Crippen MR) is 83.2 cm³/mol. The first-order valence-electron chi connectivity index (χ1n) is 7.79. The number of aromatic nitrogens is 2. The summed E-state index contributed by atoms with van der Waals surface area (Å²) in [6.07, 6.45) is 5.17. The van der Waals surface area contributed by atoms with Gasteiger partial charge in [0.1, 0.15) is 0 Å². The number of imidazole rings is 1. The van der Waals surface area contributed by atoms with Crippen LogP contribution in [0.15, 0.2) is 18.2 Å². The molecule has 4 rings (SSSR count). The zero-order chi connectivity index (χ0) is 13.9. The van der Waals surface area contributed by atoms with Crippen molar-refractivity contribution in [1.82, 2.24) is 9.55 Å². The third kappa shape index (κ3) is 1.75. The summed E-state index contributed by atoms with van der Waals surface area (Å²) in [6, 6.07) is 7.72. The number of hydrogen-bond donors (Lipinski definition) is 1. The van der Waals surface area contributed by atoms with Gasteiger partial charge in [-0.1, -0.05) is 26.3 Å². The molecule has 0 spiro atoms. The molecule has 2 atom stereocenters. The fourth-order valence-corrected chi connectivity index (χ4v) is 4.09. The molecule has 1 aromatic carbocycles. The van der Waals surface area contributed by atoms with Gasteiger partial charge in [-0.15, -0.1) is 0 Å². The van der Waals surface area contributed by atoms with Gasteiger partial charge in [-0.25, -0.2) is 4.98 Å². The van der Waals surface area contributed by atoms with E-state index in [-0.39, 0.29) is 0 Å². The summed E-state index contributed by atoms with van der Waals surface area (Å²) in [5, 5.41) is 3.69. The minimum atomic E-state index is 0.447. The average molecular weight is 269 g/mol. The molecule has 2 aliphatic rings. The van der Waals surface area contributed by atoms with Crippen molar-refractivity contribution in [2.24, 2.45) is 5.41 Å². The summed E-state index contributed by atoms with van der Waals surface area (Å²) in [5.74, 6) is 1.08. The summed E-state index contributed by atoms with van der Waals surface area (Å²) < 4.78 is 2.47. The Morgan fingerprint density at radius 2 is 2.20 bits per heavy atom. The molecule has 20 heavy (non-hydrogen) atoms. The van der Waals surface area contributed by atoms with Crippen molar-refractivity contribution < 1.29 is 0 Å². The quantitative estimate of drug-likeness (QED) is 0.773. The van der Waals surface area contributed by atoms with Crippen LogP contribution in [-0.4, -0.2) is 15.6 Å². The molecule has 1 saturated carbocycles. The van der Waals surface area contributed by atoms with E-state index in [9.17, 15) is 0 Å². The van der Waals surface area contributed by atoms with E-state index in [1.807, 2.05) is 0 Å². The Kier molecular flexibility index (Phi) is 2.45. The van der Waals surface area contributed by atoms with Gasteiger partial charge in [-0.2, -0.15) is 0 Å². The standard InChI is InChI=1S/C17H23N3/c1-11-6-7-12-15(9-11)20-14-5-4-8-17(2,3)10-13(14)19-16(20)18-12/h6-7,9,13-14H,4-5,8,10H2,1-3H3,(H,18,19). The molecule has 1 aromatic heterocycles. The van der Waals surface area contributed by atoms with E-state index >= 15 is 0 Å². The van der Waals surface area contributed by atoms with Crippen molar-refractivity contribution in [2.75, 3.05) is 5.32 Å². The SMILES string of the molecule is Cc1ccc2nc3n(c2c1)C1CCCC(C)(C)CC1N3. The number of aryl methyl sites for hydroxylation is 1. The van der Waals surface area contributed by atoms with Crippen LogP contribution >= 0.6 is 0 Å². The van der Waals surface area contributed by atoms with E-state index in [0.29, 0.717) is 17.5 Å². The van der Waals surface area contributed by atoms with Gasteiger partial charge in [0.25, 0.3) is 0 Å². The third-order valence-corrected chi connectivity index (χ3v) is 5.08. The molecule has 106 valence electrons. The normalized spacial score (nSPS) is 27.8. The maximum Gasteiger partial charge on any atom is 0.204 e. The largest absolute Gasteiger partial charge is 0.351 e. The number of nitrogens with one attached hydrogen (secondary N) is 1. The highest BCUT2D eigenvalue weighted by molar-refractivity contribution is 5.80. The number of hydrogen-bond acceptors (Lipinski definition) is 2. The first-order valence-corrected chi connectivity index (χ1v) is 7.79. The smallest absolute Gasteiger partial charge is 0.204 e. The van der Waals surface area contributed by atoms with Crippen molar-refractivity contribution in [3.8, 4) is 0 Å². The molecule has 1 aliphatic heterocycles. The predicted octanol–water partition coefficient (Wildman–Crippen LogP) is 4.28. The van der Waals surface area contributed by atoms with Crippen LogP contribution < -0.4 is 5.32 Å². The van der Waals surface area contributed by atoms with Gasteiger partial charge in [-0.05, 0) is 49.3 Å². The lowest BCUT2D eigenvalue weighted by Gasteiger charge is -2.26. The van der Waals surface area contributed by atoms with Crippen LogP contribution in [0.4, 0.5) is 5.95 Å². The Morgan fingerprint density at radius 3 is 3.05 bits per heavy atom. The van der Waals surface area contributed by atoms with E-state index in [4.69, 9.17) is 4.98 Å². The summed E-state index contributed by atoms with van der Waals surface area (Å²) in [4.78, 5) is 4.79. The number of nitrogens with zero attached hydrogens (tertiary/aromatic N) is 2. The second-order valence-electron chi connectivity index (χ2n) is 7.38. The van der Waals surface area contributed by atoms with Crippen LogP contribution in [-0.2, 0) is 0 Å². The van der Waals surface area contributed by atoms with Gasteiger partial charge >= 0.3 is 0 Å². The monoisotopic (exact) mass is 269 g/mol. The molecule has 2 heterocycles. The maximum absolute atomic E-state index is 4.79. The Labute approximate surface area is 120 Å². The highest BCUT2D eigenvalue weighted by Gasteiger charge is 2.39. The molecule has 2 unspecified atom stereocenters. The third-order valence-electron chi connectivity index (χ3n) is 5.08. The average Bonchev–Trinajstić information content (AvgIpc) is 2.81. The first kappa shape index (κ1) is 12.2. The Morgan fingerprint density at radius 1 is 1.35 bits per heavy atom. The van der Waals surface area contributed by atoms with Crippen LogP contribution in [0.3, 0.4) is 0 Å². The zero-order valence-corrected chi connectivity index (χ0v) is 12.6. The minimum absolute atomic E-state index is 0.447. The highest BCUT2D eigenvalue weighted by atomic mass is 15.3. The summed E-state index contributed by atoms with van der Waals surface area (Å²) >= 11 is 0. The molecule has 0 bridgehead atoms. The molecule has 1 aliphatic carbocycles.